The van der Waals surface area contributed by atoms with Crippen molar-refractivity contribution >= 4 is 22.4 Å². The topological polar surface area (TPSA) is 65.2 Å². The molecule has 2 aromatic heterocycles. The molecule has 8 heteroatoms. The van der Waals surface area contributed by atoms with Crippen LogP contribution in [0.5, 0.6) is 0 Å². The molecule has 1 aromatic carbocycles. The van der Waals surface area contributed by atoms with Gasteiger partial charge >= 0.3 is 0 Å². The second-order valence-corrected chi connectivity index (χ2v) is 10.3. The Bertz CT molecular complexity index is 1350. The highest BCUT2D eigenvalue weighted by Crippen LogP contribution is 2.36. The minimum Gasteiger partial charge on any atom is -0.370 e. The summed E-state index contributed by atoms with van der Waals surface area (Å²) in [5.41, 5.74) is 2.88. The molecule has 2 heterocycles. The van der Waals surface area contributed by atoms with Crippen LogP contribution in [0.2, 0.25) is 0 Å². The van der Waals surface area contributed by atoms with Gasteiger partial charge in [-0.15, -0.1) is 0 Å². The van der Waals surface area contributed by atoms with Gasteiger partial charge in [0.15, 0.2) is 0 Å². The van der Waals surface area contributed by atoms with Crippen molar-refractivity contribution in [3.8, 4) is 6.07 Å². The molecule has 2 fully saturated rings. The van der Waals surface area contributed by atoms with Crippen LogP contribution >= 0.6 is 0 Å². The Morgan fingerprint density at radius 2 is 1.69 bits per heavy atom. The van der Waals surface area contributed by atoms with Crippen molar-refractivity contribution in [2.75, 3.05) is 23.4 Å². The van der Waals surface area contributed by atoms with Gasteiger partial charge in [0.05, 0.1) is 11.2 Å². The maximum absolute atomic E-state index is 14.1. The molecule has 0 bridgehead atoms. The minimum absolute atomic E-state index is 0.121. The van der Waals surface area contributed by atoms with E-state index in [-0.39, 0.29) is 17.6 Å². The van der Waals surface area contributed by atoms with Crippen LogP contribution in [-0.4, -0.2) is 35.2 Å². The number of aromatic nitrogens is 2. The van der Waals surface area contributed by atoms with E-state index in [1.807, 2.05) is 7.05 Å². The Hall–Kier alpha value is -3.47. The summed E-state index contributed by atoms with van der Waals surface area (Å²) in [6.07, 6.45) is 7.10. The quantitative estimate of drug-likeness (QED) is 0.478. The first-order valence-corrected chi connectivity index (χ1v) is 12.7. The van der Waals surface area contributed by atoms with Crippen LogP contribution in [0.1, 0.15) is 50.6 Å². The van der Waals surface area contributed by atoms with E-state index in [2.05, 4.69) is 20.9 Å². The zero-order chi connectivity index (χ0) is 25.4. The molecule has 6 nitrogen and oxygen atoms in total. The summed E-state index contributed by atoms with van der Waals surface area (Å²) in [4.78, 5) is 21.5. The maximum atomic E-state index is 14.1. The SMILES string of the molecule is CN(c1cc(=O)n(C)c2ccc(C#N)nc12)C1CCC(N(CC2CCC2)c2cc(F)cc(F)c2)CC1. The highest BCUT2D eigenvalue weighted by molar-refractivity contribution is 5.88. The molecular formula is C28H31F2N5O. The van der Waals surface area contributed by atoms with Gasteiger partial charge in [-0.2, -0.15) is 5.26 Å². The molecule has 0 atom stereocenters. The molecule has 0 unspecified atom stereocenters. The highest BCUT2D eigenvalue weighted by atomic mass is 19.1. The van der Waals surface area contributed by atoms with E-state index < -0.39 is 11.6 Å². The van der Waals surface area contributed by atoms with Crippen molar-refractivity contribution in [1.29, 1.82) is 5.26 Å². The lowest BCUT2D eigenvalue weighted by atomic mass is 9.83. The summed E-state index contributed by atoms with van der Waals surface area (Å²) in [5, 5.41) is 9.35. The van der Waals surface area contributed by atoms with Gasteiger partial charge in [-0.05, 0) is 68.7 Å². The molecule has 0 radical (unpaired) electrons. The summed E-state index contributed by atoms with van der Waals surface area (Å²) in [6, 6.07) is 11.3. The van der Waals surface area contributed by atoms with Crippen LogP contribution in [0.3, 0.4) is 0 Å². The van der Waals surface area contributed by atoms with E-state index >= 15 is 0 Å². The Kier molecular flexibility index (Phi) is 6.65. The summed E-state index contributed by atoms with van der Waals surface area (Å²) in [5.74, 6) is -0.512. The predicted octanol–water partition coefficient (Wildman–Crippen LogP) is 5.14. The van der Waals surface area contributed by atoms with Gasteiger partial charge in [-0.25, -0.2) is 13.8 Å². The fourth-order valence-electron chi connectivity index (χ4n) is 5.72. The van der Waals surface area contributed by atoms with Crippen LogP contribution in [0, 0.1) is 28.9 Å². The molecule has 2 saturated carbocycles. The van der Waals surface area contributed by atoms with Gasteiger partial charge in [-0.3, -0.25) is 4.79 Å². The van der Waals surface area contributed by atoms with Gasteiger partial charge < -0.3 is 14.4 Å². The molecule has 2 aliphatic carbocycles. The van der Waals surface area contributed by atoms with Gasteiger partial charge in [0.1, 0.15) is 28.9 Å². The molecule has 2 aliphatic rings. The molecule has 3 aromatic rings. The number of pyridine rings is 2. The molecule has 5 rings (SSSR count). The van der Waals surface area contributed by atoms with Crippen molar-refractivity contribution < 1.29 is 8.78 Å². The van der Waals surface area contributed by atoms with E-state index in [1.165, 1.54) is 31.4 Å². The summed E-state index contributed by atoms with van der Waals surface area (Å²) < 4.78 is 29.7. The average Bonchev–Trinajstić information content (AvgIpc) is 2.84. The minimum atomic E-state index is -0.543. The monoisotopic (exact) mass is 491 g/mol. The second-order valence-electron chi connectivity index (χ2n) is 10.3. The van der Waals surface area contributed by atoms with E-state index in [9.17, 15) is 18.8 Å². The van der Waals surface area contributed by atoms with E-state index in [0.29, 0.717) is 28.3 Å². The van der Waals surface area contributed by atoms with Gasteiger partial charge in [0.2, 0.25) is 0 Å². The Labute approximate surface area is 209 Å². The van der Waals surface area contributed by atoms with Crippen LogP contribution < -0.4 is 15.4 Å². The van der Waals surface area contributed by atoms with Crippen LogP contribution in [0.25, 0.3) is 11.0 Å². The lowest BCUT2D eigenvalue weighted by Gasteiger charge is -2.43. The molecule has 188 valence electrons. The number of benzene rings is 1. The van der Waals surface area contributed by atoms with Crippen molar-refractivity contribution in [2.45, 2.75) is 57.0 Å². The number of fused-ring (bicyclic) bond motifs is 1. The van der Waals surface area contributed by atoms with E-state index in [1.54, 1.807) is 29.8 Å². The fourth-order valence-corrected chi connectivity index (χ4v) is 5.72. The molecule has 0 saturated heterocycles. The van der Waals surface area contributed by atoms with Crippen molar-refractivity contribution in [3.63, 3.8) is 0 Å². The summed E-state index contributed by atoms with van der Waals surface area (Å²) in [6.45, 7) is 0.828. The number of nitrogens with zero attached hydrogens (tertiary/aromatic N) is 5. The Morgan fingerprint density at radius 3 is 2.31 bits per heavy atom. The molecule has 0 spiro atoms. The van der Waals surface area contributed by atoms with Crippen LogP contribution in [0.4, 0.5) is 20.2 Å². The number of hydrogen-bond acceptors (Lipinski definition) is 5. The Balaban J connectivity index is 1.38. The van der Waals surface area contributed by atoms with E-state index in [4.69, 9.17) is 0 Å². The van der Waals surface area contributed by atoms with Gasteiger partial charge in [0, 0.05) is 50.5 Å². The third kappa shape index (κ3) is 4.67. The third-order valence-electron chi connectivity index (χ3n) is 8.08. The first kappa shape index (κ1) is 24.2. The first-order chi connectivity index (χ1) is 17.3. The number of anilines is 2. The predicted molar refractivity (Wildman–Crippen MR) is 137 cm³/mol. The van der Waals surface area contributed by atoms with Crippen LogP contribution in [-0.2, 0) is 7.05 Å². The number of hydrogen-bond donors (Lipinski definition) is 0. The maximum Gasteiger partial charge on any atom is 0.252 e. The fraction of sp³-hybridized carbons (Fsp3) is 0.464. The van der Waals surface area contributed by atoms with Crippen molar-refractivity contribution in [2.24, 2.45) is 13.0 Å². The molecular weight excluding hydrogens is 460 g/mol. The zero-order valence-electron chi connectivity index (χ0n) is 20.8. The third-order valence-corrected chi connectivity index (χ3v) is 8.08. The normalized spacial score (nSPS) is 20.1. The number of nitriles is 1. The van der Waals surface area contributed by atoms with Crippen molar-refractivity contribution in [3.05, 3.63) is 64.1 Å². The lowest BCUT2D eigenvalue weighted by Crippen LogP contribution is -2.46. The Morgan fingerprint density at radius 1 is 1.03 bits per heavy atom. The van der Waals surface area contributed by atoms with E-state index in [0.717, 1.165) is 44.0 Å². The molecule has 36 heavy (non-hydrogen) atoms. The number of aryl methyl sites for hydroxylation is 1. The van der Waals surface area contributed by atoms with Gasteiger partial charge in [-0.1, -0.05) is 6.42 Å². The van der Waals surface area contributed by atoms with Crippen LogP contribution in [0.15, 0.2) is 41.2 Å². The van der Waals surface area contributed by atoms with Gasteiger partial charge in [0.25, 0.3) is 5.56 Å². The smallest absolute Gasteiger partial charge is 0.252 e. The molecule has 0 N–H and O–H groups in total. The molecule has 0 aliphatic heterocycles. The summed E-state index contributed by atoms with van der Waals surface area (Å²) >= 11 is 0. The first-order valence-electron chi connectivity index (χ1n) is 12.7. The standard InChI is InChI=1S/C28H31F2N5O/c1-33(26-15-27(36)34(2)25-11-6-21(16-31)32-28(25)26)22-7-9-23(10-8-22)35(17-18-4-3-5-18)24-13-19(29)12-20(30)14-24/h6,11-15,18,22-23H,3-5,7-10,17H2,1-2H3. The second kappa shape index (κ2) is 9.88. The zero-order valence-corrected chi connectivity index (χ0v) is 20.8. The largest absolute Gasteiger partial charge is 0.370 e. The average molecular weight is 492 g/mol. The number of rotatable bonds is 6. The highest BCUT2D eigenvalue weighted by Gasteiger charge is 2.32. The molecule has 0 amide bonds. The lowest BCUT2D eigenvalue weighted by molar-refractivity contribution is 0.290. The summed E-state index contributed by atoms with van der Waals surface area (Å²) in [7, 11) is 3.69. The number of halogens is 2. The van der Waals surface area contributed by atoms with Crippen molar-refractivity contribution in [1.82, 2.24) is 9.55 Å².